The zero-order chi connectivity index (χ0) is 23.1. The van der Waals surface area contributed by atoms with Crippen molar-refractivity contribution in [2.24, 2.45) is 5.92 Å². The molecule has 0 radical (unpaired) electrons. The van der Waals surface area contributed by atoms with Gasteiger partial charge in [0.25, 0.3) is 0 Å². The fraction of sp³-hybridized carbons (Fsp3) is 0.375. The van der Waals surface area contributed by atoms with Crippen LogP contribution in [-0.2, 0) is 18.5 Å². The minimum absolute atomic E-state index is 0.126. The standard InChI is InChI=1S/C16H9F9N2O3/c17-14(18,19)7-1-6(2-8(3-7)15(20,21)22)11(28)9(4-26)12(29)10-5-30-13(27-10)16(23,24)25/h1-3,5,9,11-12,28-29H. The number of aliphatic hydroxyl groups is 2. The number of nitrogens with zero attached hydrogens (tertiary/aromatic N) is 2. The van der Waals surface area contributed by atoms with Gasteiger partial charge in [-0.15, -0.1) is 0 Å². The molecule has 0 saturated carbocycles. The predicted octanol–water partition coefficient (Wildman–Crippen LogP) is 4.64. The van der Waals surface area contributed by atoms with Crippen LogP contribution in [0.25, 0.3) is 0 Å². The Kier molecular flexibility index (Phi) is 6.11. The van der Waals surface area contributed by atoms with Crippen LogP contribution in [0, 0.1) is 17.2 Å². The van der Waals surface area contributed by atoms with Gasteiger partial charge in [-0.25, -0.2) is 4.98 Å². The highest BCUT2D eigenvalue weighted by atomic mass is 19.4. The summed E-state index contributed by atoms with van der Waals surface area (Å²) < 4.78 is 119. The molecule has 1 aromatic heterocycles. The Balaban J connectivity index is 2.47. The lowest BCUT2D eigenvalue weighted by Gasteiger charge is -2.22. The fourth-order valence-electron chi connectivity index (χ4n) is 2.41. The number of alkyl halides is 9. The number of nitriles is 1. The van der Waals surface area contributed by atoms with Crippen molar-refractivity contribution in [3.63, 3.8) is 0 Å². The smallest absolute Gasteiger partial charge is 0.441 e. The van der Waals surface area contributed by atoms with Crippen LogP contribution >= 0.6 is 0 Å². The van der Waals surface area contributed by atoms with E-state index in [0.29, 0.717) is 0 Å². The van der Waals surface area contributed by atoms with E-state index >= 15 is 0 Å². The second-order valence-corrected chi connectivity index (χ2v) is 5.96. The molecule has 1 aromatic carbocycles. The van der Waals surface area contributed by atoms with Crippen LogP contribution in [0.15, 0.2) is 28.9 Å². The van der Waals surface area contributed by atoms with Gasteiger partial charge in [-0.3, -0.25) is 0 Å². The monoisotopic (exact) mass is 448 g/mol. The normalized spacial score (nSPS) is 16.1. The molecule has 0 aliphatic heterocycles. The Hall–Kier alpha value is -2.79. The lowest BCUT2D eigenvalue weighted by atomic mass is 9.89. The van der Waals surface area contributed by atoms with Crippen LogP contribution in [0.1, 0.15) is 40.5 Å². The molecule has 14 heteroatoms. The molecule has 30 heavy (non-hydrogen) atoms. The van der Waals surface area contributed by atoms with Gasteiger partial charge in [0.15, 0.2) is 0 Å². The summed E-state index contributed by atoms with van der Waals surface area (Å²) in [6.07, 6.45) is -20.0. The molecule has 0 aliphatic carbocycles. The molecule has 0 spiro atoms. The summed E-state index contributed by atoms with van der Waals surface area (Å²) in [6.45, 7) is 0. The first kappa shape index (κ1) is 23.5. The van der Waals surface area contributed by atoms with Crippen molar-refractivity contribution in [3.8, 4) is 6.07 Å². The van der Waals surface area contributed by atoms with Crippen molar-refractivity contribution in [2.75, 3.05) is 0 Å². The molecule has 0 amide bonds. The molecular formula is C16H9F9N2O3. The average molecular weight is 448 g/mol. The van der Waals surface area contributed by atoms with Crippen LogP contribution in [0.4, 0.5) is 39.5 Å². The van der Waals surface area contributed by atoms with Crippen molar-refractivity contribution < 1.29 is 54.1 Å². The van der Waals surface area contributed by atoms with Gasteiger partial charge in [-0.1, -0.05) is 0 Å². The van der Waals surface area contributed by atoms with E-state index in [1.807, 2.05) is 0 Å². The van der Waals surface area contributed by atoms with Crippen LogP contribution < -0.4 is 0 Å². The van der Waals surface area contributed by atoms with E-state index in [0.717, 1.165) is 0 Å². The van der Waals surface area contributed by atoms with Crippen molar-refractivity contribution in [1.29, 1.82) is 5.26 Å². The van der Waals surface area contributed by atoms with E-state index in [-0.39, 0.29) is 24.5 Å². The van der Waals surface area contributed by atoms with Crippen LogP contribution in [-0.4, -0.2) is 15.2 Å². The van der Waals surface area contributed by atoms with Crippen molar-refractivity contribution in [2.45, 2.75) is 30.7 Å². The summed E-state index contributed by atoms with van der Waals surface area (Å²) >= 11 is 0. The van der Waals surface area contributed by atoms with Gasteiger partial charge in [-0.2, -0.15) is 44.8 Å². The van der Waals surface area contributed by atoms with E-state index in [2.05, 4.69) is 9.40 Å². The molecule has 1 heterocycles. The average Bonchev–Trinajstić information content (AvgIpc) is 3.10. The minimum atomic E-state index is -5.25. The number of halogens is 9. The highest BCUT2D eigenvalue weighted by Crippen LogP contribution is 2.40. The zero-order valence-electron chi connectivity index (χ0n) is 14.1. The van der Waals surface area contributed by atoms with Crippen LogP contribution in [0.3, 0.4) is 0 Å². The Morgan fingerprint density at radius 3 is 1.70 bits per heavy atom. The van der Waals surface area contributed by atoms with E-state index in [1.54, 1.807) is 0 Å². The number of rotatable bonds is 4. The van der Waals surface area contributed by atoms with Crippen molar-refractivity contribution in [1.82, 2.24) is 4.98 Å². The Morgan fingerprint density at radius 1 is 0.833 bits per heavy atom. The largest absolute Gasteiger partial charge is 0.468 e. The van der Waals surface area contributed by atoms with Gasteiger partial charge in [0, 0.05) is 0 Å². The van der Waals surface area contributed by atoms with E-state index < -0.39 is 64.9 Å². The summed E-state index contributed by atoms with van der Waals surface area (Å²) in [5.41, 5.74) is -5.53. The van der Waals surface area contributed by atoms with Gasteiger partial charge in [0.05, 0.1) is 23.3 Å². The third kappa shape index (κ3) is 5.03. The molecule has 3 atom stereocenters. The summed E-state index contributed by atoms with van der Waals surface area (Å²) in [4.78, 5) is 2.88. The SMILES string of the molecule is N#CC(C(O)c1cc(C(F)(F)F)cc(C(F)(F)F)c1)C(O)c1coc(C(F)(F)F)n1. The third-order valence-corrected chi connectivity index (χ3v) is 3.85. The van der Waals surface area contributed by atoms with E-state index in [4.69, 9.17) is 5.26 Å². The number of hydrogen-bond donors (Lipinski definition) is 2. The maximum atomic E-state index is 12.9. The van der Waals surface area contributed by atoms with Crippen LogP contribution in [0.5, 0.6) is 0 Å². The number of hydrogen-bond acceptors (Lipinski definition) is 5. The van der Waals surface area contributed by atoms with Gasteiger partial charge in [-0.05, 0) is 23.8 Å². The summed E-state index contributed by atoms with van der Waals surface area (Å²) in [6, 6.07) is 1.27. The van der Waals surface area contributed by atoms with Crippen molar-refractivity contribution in [3.05, 3.63) is 52.7 Å². The lowest BCUT2D eigenvalue weighted by Crippen LogP contribution is -2.21. The first-order valence-electron chi connectivity index (χ1n) is 7.63. The molecule has 0 aliphatic rings. The molecule has 164 valence electrons. The molecule has 5 nitrogen and oxygen atoms in total. The maximum absolute atomic E-state index is 12.9. The molecule has 0 bridgehead atoms. The van der Waals surface area contributed by atoms with Crippen LogP contribution in [0.2, 0.25) is 0 Å². The summed E-state index contributed by atoms with van der Waals surface area (Å²) in [7, 11) is 0. The Bertz CT molecular complexity index is 909. The van der Waals surface area contributed by atoms with E-state index in [1.165, 1.54) is 6.07 Å². The maximum Gasteiger partial charge on any atom is 0.468 e. The third-order valence-electron chi connectivity index (χ3n) is 3.85. The second-order valence-electron chi connectivity index (χ2n) is 5.96. The quantitative estimate of drug-likeness (QED) is 0.666. The number of aliphatic hydroxyl groups excluding tert-OH is 2. The molecular weight excluding hydrogens is 439 g/mol. The highest BCUT2D eigenvalue weighted by Gasteiger charge is 2.41. The number of aromatic nitrogens is 1. The first-order chi connectivity index (χ1) is 13.6. The second kappa shape index (κ2) is 7.80. The lowest BCUT2D eigenvalue weighted by molar-refractivity contribution is -0.157. The summed E-state index contributed by atoms with van der Waals surface area (Å²) in [5, 5.41) is 29.3. The van der Waals surface area contributed by atoms with E-state index in [9.17, 15) is 49.7 Å². The number of benzene rings is 1. The van der Waals surface area contributed by atoms with Crippen molar-refractivity contribution >= 4 is 0 Å². The topological polar surface area (TPSA) is 90.3 Å². The molecule has 0 saturated heterocycles. The van der Waals surface area contributed by atoms with Gasteiger partial charge in [0.1, 0.15) is 24.0 Å². The predicted molar refractivity (Wildman–Crippen MR) is 77.0 cm³/mol. The molecule has 2 aromatic rings. The Labute approximate surface area is 161 Å². The zero-order valence-corrected chi connectivity index (χ0v) is 14.1. The molecule has 3 unspecified atom stereocenters. The molecule has 2 N–H and O–H groups in total. The highest BCUT2D eigenvalue weighted by molar-refractivity contribution is 5.35. The van der Waals surface area contributed by atoms with Gasteiger partial charge in [0.2, 0.25) is 0 Å². The first-order valence-corrected chi connectivity index (χ1v) is 7.63. The Morgan fingerprint density at radius 2 is 1.33 bits per heavy atom. The summed E-state index contributed by atoms with van der Waals surface area (Å²) in [5.74, 6) is -4.00. The number of oxazole rings is 1. The van der Waals surface area contributed by atoms with Gasteiger partial charge >= 0.3 is 24.4 Å². The molecule has 2 rings (SSSR count). The minimum Gasteiger partial charge on any atom is -0.441 e. The fourth-order valence-corrected chi connectivity index (χ4v) is 2.41. The molecule has 0 fully saturated rings. The van der Waals surface area contributed by atoms with Gasteiger partial charge < -0.3 is 14.6 Å².